The van der Waals surface area contributed by atoms with Gasteiger partial charge in [-0.1, -0.05) is 6.42 Å². The predicted octanol–water partition coefficient (Wildman–Crippen LogP) is 2.19. The third-order valence-corrected chi connectivity index (χ3v) is 5.79. The molecule has 3 N–H and O–H groups in total. The van der Waals surface area contributed by atoms with Gasteiger partial charge >= 0.3 is 0 Å². The van der Waals surface area contributed by atoms with Crippen LogP contribution >= 0.6 is 11.3 Å². The van der Waals surface area contributed by atoms with E-state index in [-0.39, 0.29) is 5.91 Å². The van der Waals surface area contributed by atoms with Crippen molar-refractivity contribution in [1.82, 2.24) is 15.5 Å². The SMILES string of the molecule is Nc1c(C(=O)NC2CC3CCC2C3)sc2nnccc12. The van der Waals surface area contributed by atoms with Gasteiger partial charge in [0.15, 0.2) is 0 Å². The molecule has 0 aliphatic heterocycles. The summed E-state index contributed by atoms with van der Waals surface area (Å²) >= 11 is 1.32. The van der Waals surface area contributed by atoms with E-state index in [0.29, 0.717) is 22.5 Å². The molecule has 104 valence electrons. The summed E-state index contributed by atoms with van der Waals surface area (Å²) in [6.07, 6.45) is 6.59. The van der Waals surface area contributed by atoms with E-state index in [1.165, 1.54) is 30.6 Å². The number of carbonyl (C=O) groups excluding carboxylic acids is 1. The van der Waals surface area contributed by atoms with Gasteiger partial charge in [-0.3, -0.25) is 4.79 Å². The molecule has 0 radical (unpaired) electrons. The Morgan fingerprint density at radius 1 is 1.40 bits per heavy atom. The standard InChI is InChI=1S/C14H16N4OS/c15-11-9-3-4-16-18-14(9)20-12(11)13(19)17-10-6-7-1-2-8(10)5-7/h3-4,7-8,10H,1-2,5-6,15H2,(H,17,19). The maximum Gasteiger partial charge on any atom is 0.263 e. The Balaban J connectivity index is 1.59. The number of carbonyl (C=O) groups is 1. The number of nitrogen functional groups attached to an aromatic ring is 1. The summed E-state index contributed by atoms with van der Waals surface area (Å²) < 4.78 is 0. The molecule has 20 heavy (non-hydrogen) atoms. The minimum atomic E-state index is -0.0527. The summed E-state index contributed by atoms with van der Waals surface area (Å²) in [5.41, 5.74) is 6.60. The molecule has 2 aliphatic rings. The Kier molecular flexibility index (Phi) is 2.66. The van der Waals surface area contributed by atoms with E-state index in [1.807, 2.05) is 6.07 Å². The van der Waals surface area contributed by atoms with Crippen LogP contribution in [0.3, 0.4) is 0 Å². The molecule has 2 aromatic heterocycles. The Morgan fingerprint density at radius 2 is 2.30 bits per heavy atom. The lowest BCUT2D eigenvalue weighted by atomic mass is 9.95. The van der Waals surface area contributed by atoms with E-state index < -0.39 is 0 Å². The highest BCUT2D eigenvalue weighted by Crippen LogP contribution is 2.44. The number of nitrogens with zero attached hydrogens (tertiary/aromatic N) is 2. The van der Waals surface area contributed by atoms with Crippen molar-refractivity contribution in [2.45, 2.75) is 31.7 Å². The van der Waals surface area contributed by atoms with Crippen molar-refractivity contribution in [2.24, 2.45) is 11.8 Å². The second-order valence-corrected chi connectivity index (χ2v) is 6.85. The number of nitrogens with two attached hydrogens (primary N) is 1. The Morgan fingerprint density at radius 3 is 3.00 bits per heavy atom. The van der Waals surface area contributed by atoms with Gasteiger partial charge in [0, 0.05) is 11.4 Å². The minimum Gasteiger partial charge on any atom is -0.397 e. The van der Waals surface area contributed by atoms with Gasteiger partial charge in [0.25, 0.3) is 5.91 Å². The number of nitrogens with one attached hydrogen (secondary N) is 1. The van der Waals surface area contributed by atoms with Crippen molar-refractivity contribution in [2.75, 3.05) is 5.73 Å². The average molecular weight is 288 g/mol. The molecule has 6 heteroatoms. The molecule has 1 amide bonds. The number of aromatic nitrogens is 2. The van der Waals surface area contributed by atoms with E-state index in [0.717, 1.165) is 22.6 Å². The van der Waals surface area contributed by atoms with Crippen LogP contribution in [0.15, 0.2) is 12.3 Å². The lowest BCUT2D eigenvalue weighted by Gasteiger charge is -2.22. The van der Waals surface area contributed by atoms with Crippen LogP contribution in [0.4, 0.5) is 5.69 Å². The molecule has 3 atom stereocenters. The molecule has 2 fully saturated rings. The van der Waals surface area contributed by atoms with Gasteiger partial charge in [0.05, 0.1) is 11.9 Å². The van der Waals surface area contributed by atoms with Gasteiger partial charge in [-0.15, -0.1) is 16.4 Å². The van der Waals surface area contributed by atoms with E-state index in [4.69, 9.17) is 5.73 Å². The smallest absolute Gasteiger partial charge is 0.263 e. The van der Waals surface area contributed by atoms with Gasteiger partial charge < -0.3 is 11.1 Å². The lowest BCUT2D eigenvalue weighted by molar-refractivity contribution is 0.0928. The van der Waals surface area contributed by atoms with E-state index in [9.17, 15) is 4.79 Å². The minimum absolute atomic E-state index is 0.0527. The fourth-order valence-corrected chi connectivity index (χ4v) is 4.64. The molecule has 2 saturated carbocycles. The summed E-state index contributed by atoms with van der Waals surface area (Å²) in [4.78, 5) is 13.7. The molecule has 0 saturated heterocycles. The first-order chi connectivity index (χ1) is 9.72. The number of rotatable bonds is 2. The first-order valence-electron chi connectivity index (χ1n) is 7.03. The zero-order valence-electron chi connectivity index (χ0n) is 11.0. The van der Waals surface area contributed by atoms with Crippen LogP contribution in [0, 0.1) is 11.8 Å². The van der Waals surface area contributed by atoms with Gasteiger partial charge in [0.2, 0.25) is 0 Å². The summed E-state index contributed by atoms with van der Waals surface area (Å²) in [6.45, 7) is 0. The molecule has 4 rings (SSSR count). The van der Waals surface area contributed by atoms with Gasteiger partial charge in [-0.05, 0) is 37.2 Å². The van der Waals surface area contributed by atoms with Crippen molar-refractivity contribution in [3.63, 3.8) is 0 Å². The molecule has 2 aliphatic carbocycles. The van der Waals surface area contributed by atoms with Crippen LogP contribution in [0.5, 0.6) is 0 Å². The zero-order valence-corrected chi connectivity index (χ0v) is 11.8. The number of hydrogen-bond acceptors (Lipinski definition) is 5. The summed E-state index contributed by atoms with van der Waals surface area (Å²) in [5, 5.41) is 11.9. The lowest BCUT2D eigenvalue weighted by Crippen LogP contribution is -2.38. The van der Waals surface area contributed by atoms with Gasteiger partial charge in [-0.25, -0.2) is 0 Å². The zero-order chi connectivity index (χ0) is 13.7. The van der Waals surface area contributed by atoms with Crippen molar-refractivity contribution in [3.05, 3.63) is 17.1 Å². The Bertz CT molecular complexity index is 683. The highest BCUT2D eigenvalue weighted by molar-refractivity contribution is 7.21. The van der Waals surface area contributed by atoms with Crippen molar-refractivity contribution < 1.29 is 4.79 Å². The molecule has 5 nitrogen and oxygen atoms in total. The van der Waals surface area contributed by atoms with Crippen LogP contribution in [0.25, 0.3) is 10.2 Å². The quantitative estimate of drug-likeness (QED) is 0.887. The normalized spacial score (nSPS) is 28.1. The predicted molar refractivity (Wildman–Crippen MR) is 78.5 cm³/mol. The van der Waals surface area contributed by atoms with Crippen LogP contribution < -0.4 is 11.1 Å². The van der Waals surface area contributed by atoms with Crippen LogP contribution in [0.1, 0.15) is 35.4 Å². The highest BCUT2D eigenvalue weighted by atomic mass is 32.1. The van der Waals surface area contributed by atoms with Crippen molar-refractivity contribution in [3.8, 4) is 0 Å². The summed E-state index contributed by atoms with van der Waals surface area (Å²) in [6, 6.07) is 2.14. The van der Waals surface area contributed by atoms with Crippen LogP contribution in [-0.2, 0) is 0 Å². The molecule has 2 bridgehead atoms. The molecule has 0 aromatic carbocycles. The first-order valence-corrected chi connectivity index (χ1v) is 7.84. The van der Waals surface area contributed by atoms with Crippen molar-refractivity contribution >= 4 is 33.1 Å². The molecule has 3 unspecified atom stereocenters. The van der Waals surface area contributed by atoms with Gasteiger partial charge in [-0.2, -0.15) is 5.10 Å². The fourth-order valence-electron chi connectivity index (χ4n) is 3.70. The fraction of sp³-hybridized carbons (Fsp3) is 0.500. The Hall–Kier alpha value is -1.69. The number of thiophene rings is 1. The number of fused-ring (bicyclic) bond motifs is 3. The summed E-state index contributed by atoms with van der Waals surface area (Å²) in [7, 11) is 0. The van der Waals surface area contributed by atoms with E-state index >= 15 is 0 Å². The van der Waals surface area contributed by atoms with Gasteiger partial charge in [0.1, 0.15) is 9.71 Å². The molecule has 2 aromatic rings. The first kappa shape index (κ1) is 12.1. The second-order valence-electron chi connectivity index (χ2n) is 5.85. The highest BCUT2D eigenvalue weighted by Gasteiger charge is 2.40. The maximum absolute atomic E-state index is 12.4. The molecule has 2 heterocycles. The number of hydrogen-bond donors (Lipinski definition) is 2. The van der Waals surface area contributed by atoms with E-state index in [1.54, 1.807) is 6.20 Å². The Labute approximate surface area is 120 Å². The second kappa shape index (κ2) is 4.41. The third kappa shape index (κ3) is 1.78. The largest absolute Gasteiger partial charge is 0.397 e. The number of anilines is 1. The third-order valence-electron chi connectivity index (χ3n) is 4.68. The monoisotopic (exact) mass is 288 g/mol. The summed E-state index contributed by atoms with van der Waals surface area (Å²) in [5.74, 6) is 1.43. The van der Waals surface area contributed by atoms with Crippen LogP contribution in [-0.4, -0.2) is 22.1 Å². The molecular weight excluding hydrogens is 272 g/mol. The average Bonchev–Trinajstić information content (AvgIpc) is 3.14. The maximum atomic E-state index is 12.4. The van der Waals surface area contributed by atoms with E-state index in [2.05, 4.69) is 15.5 Å². The number of amides is 1. The topological polar surface area (TPSA) is 80.9 Å². The van der Waals surface area contributed by atoms with Crippen molar-refractivity contribution in [1.29, 1.82) is 0 Å². The molecular formula is C14H16N4OS. The van der Waals surface area contributed by atoms with Crippen LogP contribution in [0.2, 0.25) is 0 Å². The molecule has 0 spiro atoms.